The van der Waals surface area contributed by atoms with E-state index < -0.39 is 0 Å². The van der Waals surface area contributed by atoms with Gasteiger partial charge in [0.15, 0.2) is 22.7 Å². The molecule has 8 nitrogen and oxygen atoms in total. The smallest absolute Gasteiger partial charge is 0.287 e. The Kier molecular flexibility index (Phi) is 5.68. The summed E-state index contributed by atoms with van der Waals surface area (Å²) < 4.78 is 21.8. The zero-order valence-corrected chi connectivity index (χ0v) is 18.6. The van der Waals surface area contributed by atoms with E-state index >= 15 is 0 Å². The van der Waals surface area contributed by atoms with Crippen molar-refractivity contribution in [2.45, 2.75) is 25.9 Å². The molecule has 8 heteroatoms. The van der Waals surface area contributed by atoms with Gasteiger partial charge in [-0.05, 0) is 42.2 Å². The average molecular weight is 450 g/mol. The number of amides is 1. The molecule has 172 valence electrons. The summed E-state index contributed by atoms with van der Waals surface area (Å²) >= 11 is 0. The Morgan fingerprint density at radius 1 is 1.15 bits per heavy atom. The molecule has 2 aromatic carbocycles. The number of piperidine rings is 1. The minimum Gasteiger partial charge on any atom is -0.497 e. The number of hydrogen-bond donors (Lipinski definition) is 1. The molecule has 0 bridgehead atoms. The van der Waals surface area contributed by atoms with E-state index in [0.29, 0.717) is 16.7 Å². The number of nitrogens with zero attached hydrogens (tertiary/aromatic N) is 1. The highest BCUT2D eigenvalue weighted by atomic mass is 16.7. The van der Waals surface area contributed by atoms with E-state index in [1.54, 1.807) is 18.2 Å². The SMILES string of the molecule is COc1ccc2c(=O)cc(C(=O)N[C@H]3CCN(Cc4ccc5c(c4)OCO5)C[C@H]3C)oc2c1. The lowest BCUT2D eigenvalue weighted by molar-refractivity contribution is 0.0834. The lowest BCUT2D eigenvalue weighted by Crippen LogP contribution is -2.49. The van der Waals surface area contributed by atoms with Gasteiger partial charge in [-0.25, -0.2) is 0 Å². The van der Waals surface area contributed by atoms with Crippen LogP contribution in [0.5, 0.6) is 17.2 Å². The van der Waals surface area contributed by atoms with E-state index in [2.05, 4.69) is 23.2 Å². The molecule has 33 heavy (non-hydrogen) atoms. The molecule has 0 unspecified atom stereocenters. The first-order valence-electron chi connectivity index (χ1n) is 11.0. The maximum Gasteiger partial charge on any atom is 0.287 e. The Morgan fingerprint density at radius 3 is 2.82 bits per heavy atom. The number of carbonyl (C=O) groups excluding carboxylic acids is 1. The Bertz CT molecular complexity index is 1250. The van der Waals surface area contributed by atoms with Crippen molar-refractivity contribution in [2.24, 2.45) is 5.92 Å². The molecule has 0 saturated carbocycles. The van der Waals surface area contributed by atoms with Crippen LogP contribution in [0.15, 0.2) is 51.7 Å². The molecule has 3 aromatic rings. The van der Waals surface area contributed by atoms with Gasteiger partial charge in [0.2, 0.25) is 6.79 Å². The van der Waals surface area contributed by atoms with Gasteiger partial charge >= 0.3 is 0 Å². The van der Waals surface area contributed by atoms with Crippen LogP contribution in [0.4, 0.5) is 0 Å². The molecular formula is C25H26N2O6. The summed E-state index contributed by atoms with van der Waals surface area (Å²) in [6.45, 7) is 4.90. The van der Waals surface area contributed by atoms with Gasteiger partial charge in [0.1, 0.15) is 11.3 Å². The normalized spacial score (nSPS) is 20.1. The number of rotatable bonds is 5. The van der Waals surface area contributed by atoms with Gasteiger partial charge in [-0.2, -0.15) is 0 Å². The van der Waals surface area contributed by atoms with Gasteiger partial charge in [-0.15, -0.1) is 0 Å². The third kappa shape index (κ3) is 4.39. The second-order valence-electron chi connectivity index (χ2n) is 8.61. The van der Waals surface area contributed by atoms with Gasteiger partial charge in [0.25, 0.3) is 5.91 Å². The fourth-order valence-electron chi connectivity index (χ4n) is 4.50. The first-order chi connectivity index (χ1) is 16.0. The Morgan fingerprint density at radius 2 is 2.00 bits per heavy atom. The molecule has 0 aliphatic carbocycles. The van der Waals surface area contributed by atoms with Gasteiger partial charge in [0.05, 0.1) is 12.5 Å². The zero-order valence-electron chi connectivity index (χ0n) is 18.6. The van der Waals surface area contributed by atoms with Crippen molar-refractivity contribution < 1.29 is 23.4 Å². The van der Waals surface area contributed by atoms with Crippen molar-refractivity contribution in [1.29, 1.82) is 0 Å². The van der Waals surface area contributed by atoms with Crippen LogP contribution < -0.4 is 25.0 Å². The summed E-state index contributed by atoms with van der Waals surface area (Å²) in [6, 6.07) is 12.2. The molecule has 2 atom stereocenters. The largest absolute Gasteiger partial charge is 0.497 e. The van der Waals surface area contributed by atoms with Crippen LogP contribution in [0.3, 0.4) is 0 Å². The Hall–Kier alpha value is -3.52. The predicted molar refractivity (Wildman–Crippen MR) is 122 cm³/mol. The minimum atomic E-state index is -0.377. The molecule has 0 spiro atoms. The summed E-state index contributed by atoms with van der Waals surface area (Å²) in [5, 5.41) is 3.47. The molecule has 5 rings (SSSR count). The second kappa shape index (κ2) is 8.78. The van der Waals surface area contributed by atoms with Crippen molar-refractivity contribution in [3.8, 4) is 17.2 Å². The lowest BCUT2D eigenvalue weighted by Gasteiger charge is -2.37. The average Bonchev–Trinajstić information content (AvgIpc) is 3.28. The number of hydrogen-bond acceptors (Lipinski definition) is 7. The number of fused-ring (bicyclic) bond motifs is 2. The quantitative estimate of drug-likeness (QED) is 0.639. The lowest BCUT2D eigenvalue weighted by atomic mass is 9.93. The number of likely N-dealkylation sites (tertiary alicyclic amines) is 1. The molecule has 1 N–H and O–H groups in total. The van der Waals surface area contributed by atoms with E-state index in [-0.39, 0.29) is 35.8 Å². The first kappa shape index (κ1) is 21.3. The van der Waals surface area contributed by atoms with Gasteiger partial charge < -0.3 is 23.9 Å². The number of nitrogens with one attached hydrogen (secondary N) is 1. The maximum atomic E-state index is 12.9. The molecule has 1 amide bonds. The second-order valence-corrected chi connectivity index (χ2v) is 8.61. The number of methoxy groups -OCH3 is 1. The number of carbonyl (C=O) groups is 1. The maximum absolute atomic E-state index is 12.9. The molecule has 2 aliphatic heterocycles. The van der Waals surface area contributed by atoms with E-state index in [1.165, 1.54) is 18.7 Å². The van der Waals surface area contributed by atoms with E-state index in [9.17, 15) is 9.59 Å². The van der Waals surface area contributed by atoms with Crippen LogP contribution in [0.1, 0.15) is 29.5 Å². The molecule has 1 saturated heterocycles. The summed E-state index contributed by atoms with van der Waals surface area (Å²) in [5.41, 5.74) is 1.25. The van der Waals surface area contributed by atoms with Crippen molar-refractivity contribution in [1.82, 2.24) is 10.2 Å². The molecular weight excluding hydrogens is 424 g/mol. The van der Waals surface area contributed by atoms with Crippen molar-refractivity contribution >= 4 is 16.9 Å². The highest BCUT2D eigenvalue weighted by molar-refractivity contribution is 5.93. The zero-order chi connectivity index (χ0) is 22.9. The Labute approximate surface area is 191 Å². The molecule has 1 aromatic heterocycles. The fourth-order valence-corrected chi connectivity index (χ4v) is 4.50. The molecule has 1 fully saturated rings. The summed E-state index contributed by atoms with van der Waals surface area (Å²) in [5.74, 6) is 2.01. The predicted octanol–water partition coefficient (Wildman–Crippen LogP) is 3.17. The highest BCUT2D eigenvalue weighted by Crippen LogP contribution is 2.33. The first-order valence-corrected chi connectivity index (χ1v) is 11.0. The van der Waals surface area contributed by atoms with Gasteiger partial charge in [-0.3, -0.25) is 14.5 Å². The van der Waals surface area contributed by atoms with Gasteiger partial charge in [-0.1, -0.05) is 13.0 Å². The molecule has 0 radical (unpaired) electrons. The Balaban J connectivity index is 1.23. The van der Waals surface area contributed by atoms with Crippen LogP contribution in [-0.2, 0) is 6.54 Å². The van der Waals surface area contributed by atoms with E-state index in [0.717, 1.165) is 37.6 Å². The van der Waals surface area contributed by atoms with Crippen LogP contribution in [0.2, 0.25) is 0 Å². The third-order valence-electron chi connectivity index (χ3n) is 6.31. The highest BCUT2D eigenvalue weighted by Gasteiger charge is 2.28. The van der Waals surface area contributed by atoms with Gasteiger partial charge in [0, 0.05) is 37.8 Å². The fraction of sp³-hybridized carbons (Fsp3) is 0.360. The molecule has 2 aliphatic rings. The van der Waals surface area contributed by atoms with Crippen molar-refractivity contribution in [2.75, 3.05) is 27.0 Å². The van der Waals surface area contributed by atoms with Crippen molar-refractivity contribution in [3.05, 3.63) is 64.0 Å². The topological polar surface area (TPSA) is 90.2 Å². The van der Waals surface area contributed by atoms with E-state index in [1.807, 2.05) is 12.1 Å². The van der Waals surface area contributed by atoms with E-state index in [4.69, 9.17) is 18.6 Å². The summed E-state index contributed by atoms with van der Waals surface area (Å²) in [7, 11) is 1.54. The van der Waals surface area contributed by atoms with Crippen LogP contribution in [0, 0.1) is 5.92 Å². The molecule has 3 heterocycles. The third-order valence-corrected chi connectivity index (χ3v) is 6.31. The summed E-state index contributed by atoms with van der Waals surface area (Å²) in [4.78, 5) is 27.7. The van der Waals surface area contributed by atoms with Crippen LogP contribution in [-0.4, -0.2) is 43.8 Å². The minimum absolute atomic E-state index is 0.00295. The standard InChI is InChI=1S/C25H26N2O6/c1-15-12-27(13-16-3-6-21-23(9-16)32-14-31-21)8-7-19(15)26-25(29)24-11-20(28)18-5-4-17(30-2)10-22(18)33-24/h3-6,9-11,15,19H,7-8,12-14H2,1-2H3,(H,26,29)/t15-,19+/m1/s1. The van der Waals surface area contributed by atoms with Crippen LogP contribution >= 0.6 is 0 Å². The number of ether oxygens (including phenoxy) is 3. The van der Waals surface area contributed by atoms with Crippen LogP contribution in [0.25, 0.3) is 11.0 Å². The number of benzene rings is 2. The van der Waals surface area contributed by atoms with Crippen molar-refractivity contribution in [3.63, 3.8) is 0 Å². The summed E-state index contributed by atoms with van der Waals surface area (Å²) in [6.07, 6.45) is 0.809. The monoisotopic (exact) mass is 450 g/mol.